The lowest BCUT2D eigenvalue weighted by atomic mass is 9.93. The summed E-state index contributed by atoms with van der Waals surface area (Å²) < 4.78 is 31.2. The minimum atomic E-state index is -1.06. The number of benzene rings is 1. The van der Waals surface area contributed by atoms with Crippen LogP contribution in [0.5, 0.6) is 5.75 Å². The molecule has 0 spiro atoms. The van der Waals surface area contributed by atoms with E-state index in [0.29, 0.717) is 17.7 Å². The lowest BCUT2D eigenvalue weighted by Gasteiger charge is -2.22. The van der Waals surface area contributed by atoms with Gasteiger partial charge in [0.15, 0.2) is 11.6 Å². The zero-order valence-electron chi connectivity index (χ0n) is 8.80. The topological polar surface area (TPSA) is 29.5 Å². The smallest absolute Gasteiger partial charge is 0.200 e. The second-order valence-corrected chi connectivity index (χ2v) is 4.91. The van der Waals surface area contributed by atoms with Crippen LogP contribution in [-0.2, 0) is 5.60 Å². The molecule has 1 aromatic carbocycles. The molecule has 88 valence electrons. The first-order valence-corrected chi connectivity index (χ1v) is 6.06. The van der Waals surface area contributed by atoms with Crippen LogP contribution in [0, 0.1) is 11.6 Å². The SMILES string of the molecule is COc1cc(C2(O)CCSC2)cc(F)c1F. The van der Waals surface area contributed by atoms with Gasteiger partial charge in [-0.05, 0) is 29.9 Å². The molecule has 1 heterocycles. The lowest BCUT2D eigenvalue weighted by Crippen LogP contribution is -2.25. The number of ether oxygens (including phenoxy) is 1. The molecule has 1 N–H and O–H groups in total. The van der Waals surface area contributed by atoms with Gasteiger partial charge < -0.3 is 9.84 Å². The van der Waals surface area contributed by atoms with E-state index in [9.17, 15) is 13.9 Å². The van der Waals surface area contributed by atoms with Gasteiger partial charge >= 0.3 is 0 Å². The van der Waals surface area contributed by atoms with Crippen molar-refractivity contribution in [3.05, 3.63) is 29.3 Å². The van der Waals surface area contributed by atoms with Crippen LogP contribution in [0.3, 0.4) is 0 Å². The predicted octanol–water partition coefficient (Wildman–Crippen LogP) is 2.30. The zero-order chi connectivity index (χ0) is 11.8. The van der Waals surface area contributed by atoms with Gasteiger partial charge in [0.25, 0.3) is 0 Å². The summed E-state index contributed by atoms with van der Waals surface area (Å²) >= 11 is 1.59. The molecular weight excluding hydrogens is 234 g/mol. The number of hydrogen-bond donors (Lipinski definition) is 1. The summed E-state index contributed by atoms with van der Waals surface area (Å²) in [5, 5.41) is 10.2. The van der Waals surface area contributed by atoms with Gasteiger partial charge in [-0.15, -0.1) is 0 Å². The van der Waals surface area contributed by atoms with Crippen molar-refractivity contribution >= 4 is 11.8 Å². The van der Waals surface area contributed by atoms with Crippen LogP contribution < -0.4 is 4.74 Å². The molecule has 0 amide bonds. The first kappa shape index (κ1) is 11.7. The van der Waals surface area contributed by atoms with E-state index < -0.39 is 17.2 Å². The monoisotopic (exact) mass is 246 g/mol. The highest BCUT2D eigenvalue weighted by molar-refractivity contribution is 7.99. The van der Waals surface area contributed by atoms with Gasteiger partial charge in [0.1, 0.15) is 0 Å². The van der Waals surface area contributed by atoms with E-state index in [0.717, 1.165) is 11.8 Å². The van der Waals surface area contributed by atoms with Gasteiger partial charge in [-0.3, -0.25) is 0 Å². The molecule has 5 heteroatoms. The number of methoxy groups -OCH3 is 1. The van der Waals surface area contributed by atoms with Crippen LogP contribution in [0.1, 0.15) is 12.0 Å². The average Bonchev–Trinajstić information content (AvgIpc) is 2.70. The highest BCUT2D eigenvalue weighted by Crippen LogP contribution is 2.38. The van der Waals surface area contributed by atoms with Crippen molar-refractivity contribution in [2.75, 3.05) is 18.6 Å². The molecule has 16 heavy (non-hydrogen) atoms. The molecule has 0 bridgehead atoms. The highest BCUT2D eigenvalue weighted by atomic mass is 32.2. The van der Waals surface area contributed by atoms with E-state index in [2.05, 4.69) is 0 Å². The van der Waals surface area contributed by atoms with Gasteiger partial charge in [-0.2, -0.15) is 16.2 Å². The quantitative estimate of drug-likeness (QED) is 0.868. The molecule has 0 radical (unpaired) electrons. The van der Waals surface area contributed by atoms with Gasteiger partial charge in [-0.25, -0.2) is 4.39 Å². The Morgan fingerprint density at radius 1 is 1.44 bits per heavy atom. The zero-order valence-corrected chi connectivity index (χ0v) is 9.61. The van der Waals surface area contributed by atoms with E-state index in [4.69, 9.17) is 4.74 Å². The predicted molar refractivity (Wildman–Crippen MR) is 58.7 cm³/mol. The molecule has 1 aromatic rings. The number of thioether (sulfide) groups is 1. The highest BCUT2D eigenvalue weighted by Gasteiger charge is 2.35. The van der Waals surface area contributed by atoms with Crippen LogP contribution in [0.2, 0.25) is 0 Å². The number of halogens is 2. The Morgan fingerprint density at radius 2 is 2.19 bits per heavy atom. The molecule has 1 atom stereocenters. The summed E-state index contributed by atoms with van der Waals surface area (Å²) in [5.41, 5.74) is -0.680. The third kappa shape index (κ3) is 1.89. The minimum absolute atomic E-state index is 0.166. The largest absolute Gasteiger partial charge is 0.494 e. The molecule has 1 aliphatic heterocycles. The standard InChI is InChI=1S/C11H12F2O2S/c1-15-9-5-7(4-8(12)10(9)13)11(14)2-3-16-6-11/h4-5,14H,2-3,6H2,1H3. The summed E-state index contributed by atoms with van der Waals surface area (Å²) in [6.45, 7) is 0. The van der Waals surface area contributed by atoms with E-state index in [-0.39, 0.29) is 5.75 Å². The van der Waals surface area contributed by atoms with Crippen LogP contribution in [0.25, 0.3) is 0 Å². The van der Waals surface area contributed by atoms with Crippen molar-refractivity contribution in [3.8, 4) is 5.75 Å². The molecule has 0 aliphatic carbocycles. The maximum Gasteiger partial charge on any atom is 0.200 e. The van der Waals surface area contributed by atoms with Gasteiger partial charge in [0, 0.05) is 5.75 Å². The normalized spacial score (nSPS) is 24.8. The van der Waals surface area contributed by atoms with Crippen molar-refractivity contribution in [1.29, 1.82) is 0 Å². The molecular formula is C11H12F2O2S. The van der Waals surface area contributed by atoms with Crippen LogP contribution in [-0.4, -0.2) is 23.7 Å². The van der Waals surface area contributed by atoms with Gasteiger partial charge in [0.2, 0.25) is 5.82 Å². The summed E-state index contributed by atoms with van der Waals surface area (Å²) in [7, 11) is 1.27. The number of hydrogen-bond acceptors (Lipinski definition) is 3. The Bertz CT molecular complexity index is 403. The van der Waals surface area contributed by atoms with Crippen LogP contribution in [0.4, 0.5) is 8.78 Å². The molecule has 2 nitrogen and oxygen atoms in total. The second kappa shape index (κ2) is 4.22. The number of aliphatic hydroxyl groups is 1. The van der Waals surface area contributed by atoms with Crippen molar-refractivity contribution < 1.29 is 18.6 Å². The summed E-state index contributed by atoms with van der Waals surface area (Å²) in [5.74, 6) is -0.848. The molecule has 1 aliphatic rings. The molecule has 2 rings (SSSR count). The van der Waals surface area contributed by atoms with E-state index >= 15 is 0 Å². The molecule has 1 saturated heterocycles. The van der Waals surface area contributed by atoms with Crippen molar-refractivity contribution in [2.24, 2.45) is 0 Å². The van der Waals surface area contributed by atoms with Crippen molar-refractivity contribution in [2.45, 2.75) is 12.0 Å². The van der Waals surface area contributed by atoms with Gasteiger partial charge in [-0.1, -0.05) is 0 Å². The third-order valence-electron chi connectivity index (χ3n) is 2.75. The first-order chi connectivity index (χ1) is 7.57. The van der Waals surface area contributed by atoms with E-state index in [1.54, 1.807) is 11.8 Å². The van der Waals surface area contributed by atoms with E-state index in [1.807, 2.05) is 0 Å². The third-order valence-corrected chi connectivity index (χ3v) is 3.93. The fraction of sp³-hybridized carbons (Fsp3) is 0.455. The minimum Gasteiger partial charge on any atom is -0.494 e. The maximum atomic E-state index is 13.3. The molecule has 0 aromatic heterocycles. The lowest BCUT2D eigenvalue weighted by molar-refractivity contribution is 0.0650. The molecule has 1 unspecified atom stereocenters. The Labute approximate surface area is 96.6 Å². The van der Waals surface area contributed by atoms with Crippen molar-refractivity contribution in [3.63, 3.8) is 0 Å². The summed E-state index contributed by atoms with van der Waals surface area (Å²) in [6, 6.07) is 2.41. The average molecular weight is 246 g/mol. The fourth-order valence-corrected chi connectivity index (χ4v) is 3.04. The Morgan fingerprint density at radius 3 is 2.75 bits per heavy atom. The number of rotatable bonds is 2. The van der Waals surface area contributed by atoms with Crippen LogP contribution in [0.15, 0.2) is 12.1 Å². The second-order valence-electron chi connectivity index (χ2n) is 3.81. The Kier molecular flexibility index (Phi) is 3.08. The summed E-state index contributed by atoms with van der Waals surface area (Å²) in [6.07, 6.45) is 0.548. The molecule has 1 fully saturated rings. The van der Waals surface area contributed by atoms with Gasteiger partial charge in [0.05, 0.1) is 12.7 Å². The van der Waals surface area contributed by atoms with E-state index in [1.165, 1.54) is 13.2 Å². The Hall–Kier alpha value is -0.810. The van der Waals surface area contributed by atoms with Crippen LogP contribution >= 0.6 is 11.8 Å². The first-order valence-electron chi connectivity index (χ1n) is 4.90. The molecule has 0 saturated carbocycles. The summed E-state index contributed by atoms with van der Waals surface area (Å²) in [4.78, 5) is 0. The Balaban J connectivity index is 2.45. The maximum absolute atomic E-state index is 13.3. The van der Waals surface area contributed by atoms with Crippen molar-refractivity contribution in [1.82, 2.24) is 0 Å². The fourth-order valence-electron chi connectivity index (χ4n) is 1.76.